The summed E-state index contributed by atoms with van der Waals surface area (Å²) in [6.45, 7) is 1.69. The maximum absolute atomic E-state index is 5.93. The summed E-state index contributed by atoms with van der Waals surface area (Å²) in [5.41, 5.74) is 1.79. The summed E-state index contributed by atoms with van der Waals surface area (Å²) < 4.78 is 7.80. The Balaban J connectivity index is 1.69. The van der Waals surface area contributed by atoms with Crippen molar-refractivity contribution in [3.63, 3.8) is 0 Å². The van der Waals surface area contributed by atoms with E-state index in [4.69, 9.17) is 16.3 Å². The zero-order valence-electron chi connectivity index (χ0n) is 10.5. The van der Waals surface area contributed by atoms with E-state index < -0.39 is 0 Å². The molecule has 5 rings (SSSR count). The fourth-order valence-electron chi connectivity index (χ4n) is 3.27. The van der Waals surface area contributed by atoms with Crippen molar-refractivity contribution < 1.29 is 4.74 Å². The van der Waals surface area contributed by atoms with E-state index in [2.05, 4.69) is 15.1 Å². The lowest BCUT2D eigenvalue weighted by atomic mass is 9.71. The zero-order valence-corrected chi connectivity index (χ0v) is 11.3. The van der Waals surface area contributed by atoms with Crippen molar-refractivity contribution in [1.82, 2.24) is 19.7 Å². The van der Waals surface area contributed by atoms with E-state index in [-0.39, 0.29) is 5.41 Å². The molecular weight excluding hydrogens is 264 g/mol. The average Bonchev–Trinajstić information content (AvgIpc) is 2.83. The molecule has 2 aliphatic heterocycles. The molecule has 6 heteroatoms. The molecule has 4 heterocycles. The summed E-state index contributed by atoms with van der Waals surface area (Å²) in [5, 5.41) is 4.83. The lowest BCUT2D eigenvalue weighted by molar-refractivity contribution is -0.121. The molecule has 5 nitrogen and oxygen atoms in total. The van der Waals surface area contributed by atoms with Crippen molar-refractivity contribution in [3.05, 3.63) is 17.5 Å². The average molecular weight is 279 g/mol. The topological polar surface area (TPSA) is 52.8 Å². The van der Waals surface area contributed by atoms with Gasteiger partial charge >= 0.3 is 0 Å². The lowest BCUT2D eigenvalue weighted by Gasteiger charge is -2.46. The molecule has 0 radical (unpaired) electrons. The number of nitrogens with zero attached hydrogens (tertiary/aromatic N) is 4. The first kappa shape index (κ1) is 11.6. The predicted octanol–water partition coefficient (Wildman–Crippen LogP) is 2.44. The van der Waals surface area contributed by atoms with Gasteiger partial charge < -0.3 is 4.74 Å². The highest BCUT2D eigenvalue weighted by Crippen LogP contribution is 2.44. The minimum atomic E-state index is 0.220. The van der Waals surface area contributed by atoms with Gasteiger partial charge in [0.2, 0.25) is 0 Å². The van der Waals surface area contributed by atoms with Gasteiger partial charge in [0, 0.05) is 5.41 Å². The summed E-state index contributed by atoms with van der Waals surface area (Å²) in [4.78, 5) is 8.59. The molecule has 1 aliphatic carbocycles. The SMILES string of the molecule is Clc1cnc2cnn(CC34CCC(CC3)OC4)c2n1. The van der Waals surface area contributed by atoms with Crippen molar-refractivity contribution in [2.45, 2.75) is 38.3 Å². The van der Waals surface area contributed by atoms with E-state index in [1.807, 2.05) is 4.68 Å². The Morgan fingerprint density at radius 1 is 1.37 bits per heavy atom. The number of halogens is 1. The Morgan fingerprint density at radius 3 is 2.95 bits per heavy atom. The first-order valence-electron chi connectivity index (χ1n) is 6.70. The van der Waals surface area contributed by atoms with Crippen molar-refractivity contribution in [2.24, 2.45) is 5.41 Å². The second-order valence-electron chi connectivity index (χ2n) is 5.71. The molecule has 100 valence electrons. The van der Waals surface area contributed by atoms with Crippen LogP contribution in [0.3, 0.4) is 0 Å². The monoisotopic (exact) mass is 278 g/mol. The first-order chi connectivity index (χ1) is 9.24. The van der Waals surface area contributed by atoms with E-state index in [0.717, 1.165) is 24.3 Å². The quantitative estimate of drug-likeness (QED) is 0.847. The van der Waals surface area contributed by atoms with Gasteiger partial charge in [-0.1, -0.05) is 11.6 Å². The molecule has 0 amide bonds. The summed E-state index contributed by atoms with van der Waals surface area (Å²) in [5.74, 6) is 0. The molecule has 3 fully saturated rings. The number of ether oxygens (including phenoxy) is 1. The fraction of sp³-hybridized carbons (Fsp3) is 0.615. The highest BCUT2D eigenvalue weighted by atomic mass is 35.5. The Hall–Kier alpha value is -1.20. The van der Waals surface area contributed by atoms with E-state index in [0.29, 0.717) is 11.3 Å². The number of rotatable bonds is 2. The molecule has 19 heavy (non-hydrogen) atoms. The molecule has 1 saturated carbocycles. The highest BCUT2D eigenvalue weighted by Gasteiger charge is 2.42. The molecule has 2 bridgehead atoms. The van der Waals surface area contributed by atoms with Crippen LogP contribution in [-0.2, 0) is 11.3 Å². The Kier molecular flexibility index (Phi) is 2.53. The second-order valence-corrected chi connectivity index (χ2v) is 6.10. The van der Waals surface area contributed by atoms with Crippen LogP contribution in [0.1, 0.15) is 25.7 Å². The third-order valence-electron chi connectivity index (χ3n) is 4.42. The van der Waals surface area contributed by atoms with Crippen molar-refractivity contribution in [3.8, 4) is 0 Å². The van der Waals surface area contributed by atoms with Gasteiger partial charge in [-0.25, -0.2) is 14.6 Å². The van der Waals surface area contributed by atoms with Gasteiger partial charge in [-0.15, -0.1) is 0 Å². The maximum atomic E-state index is 5.93. The number of hydrogen-bond donors (Lipinski definition) is 0. The Labute approximate surface area is 115 Å². The van der Waals surface area contributed by atoms with E-state index in [9.17, 15) is 0 Å². The van der Waals surface area contributed by atoms with Crippen LogP contribution in [0.4, 0.5) is 0 Å². The van der Waals surface area contributed by atoms with Gasteiger partial charge in [0.15, 0.2) is 5.65 Å². The number of fused-ring (bicyclic) bond motifs is 4. The van der Waals surface area contributed by atoms with Crippen LogP contribution in [0.25, 0.3) is 11.2 Å². The van der Waals surface area contributed by atoms with Crippen LogP contribution in [0, 0.1) is 5.41 Å². The maximum Gasteiger partial charge on any atom is 0.178 e. The molecule has 2 aromatic heterocycles. The van der Waals surface area contributed by atoms with Crippen LogP contribution in [0.2, 0.25) is 5.15 Å². The molecular formula is C13H15ClN4O. The van der Waals surface area contributed by atoms with Gasteiger partial charge in [-0.05, 0) is 25.7 Å². The summed E-state index contributed by atoms with van der Waals surface area (Å²) in [7, 11) is 0. The molecule has 2 aromatic rings. The van der Waals surface area contributed by atoms with Crippen molar-refractivity contribution in [1.29, 1.82) is 0 Å². The highest BCUT2D eigenvalue weighted by molar-refractivity contribution is 6.29. The number of hydrogen-bond acceptors (Lipinski definition) is 4. The van der Waals surface area contributed by atoms with Crippen LogP contribution in [-0.4, -0.2) is 32.5 Å². The van der Waals surface area contributed by atoms with E-state index >= 15 is 0 Å². The number of aromatic nitrogens is 4. The smallest absolute Gasteiger partial charge is 0.178 e. The fourth-order valence-corrected chi connectivity index (χ4v) is 3.40. The molecule has 3 aliphatic rings. The molecule has 0 aromatic carbocycles. The molecule has 0 atom stereocenters. The molecule has 0 N–H and O–H groups in total. The summed E-state index contributed by atoms with van der Waals surface area (Å²) >= 11 is 5.93. The van der Waals surface area contributed by atoms with Gasteiger partial charge in [0.1, 0.15) is 10.7 Å². The normalized spacial score (nSPS) is 30.1. The van der Waals surface area contributed by atoms with Crippen LogP contribution in [0.5, 0.6) is 0 Å². The third-order valence-corrected chi connectivity index (χ3v) is 4.60. The summed E-state index contributed by atoms with van der Waals surface area (Å²) in [6, 6.07) is 0. The second kappa shape index (κ2) is 4.15. The molecule has 0 unspecified atom stereocenters. The van der Waals surface area contributed by atoms with Crippen molar-refractivity contribution in [2.75, 3.05) is 6.61 Å². The third kappa shape index (κ3) is 1.92. The minimum Gasteiger partial charge on any atom is -0.378 e. The van der Waals surface area contributed by atoms with Gasteiger partial charge in [0.25, 0.3) is 0 Å². The van der Waals surface area contributed by atoms with Crippen molar-refractivity contribution >= 4 is 22.8 Å². The molecule has 2 saturated heterocycles. The Bertz CT molecular complexity index is 604. The predicted molar refractivity (Wildman–Crippen MR) is 71.0 cm³/mol. The van der Waals surface area contributed by atoms with Gasteiger partial charge in [-0.3, -0.25) is 0 Å². The molecule has 0 spiro atoms. The van der Waals surface area contributed by atoms with Crippen LogP contribution in [0.15, 0.2) is 12.4 Å². The minimum absolute atomic E-state index is 0.220. The lowest BCUT2D eigenvalue weighted by Crippen LogP contribution is -2.45. The standard InChI is InChI=1S/C13H15ClN4O/c14-11-6-15-10-5-16-18(12(10)17-11)7-13-3-1-9(2-4-13)19-8-13/h5-6,9H,1-4,7-8H2. The van der Waals surface area contributed by atoms with Gasteiger partial charge in [0.05, 0.1) is 31.6 Å². The first-order valence-corrected chi connectivity index (χ1v) is 7.08. The van der Waals surface area contributed by atoms with E-state index in [1.165, 1.54) is 25.7 Å². The van der Waals surface area contributed by atoms with E-state index in [1.54, 1.807) is 12.4 Å². The van der Waals surface area contributed by atoms with Crippen LogP contribution < -0.4 is 0 Å². The zero-order chi connectivity index (χ0) is 12.9. The van der Waals surface area contributed by atoms with Gasteiger partial charge in [-0.2, -0.15) is 5.10 Å². The summed E-state index contributed by atoms with van der Waals surface area (Å²) in [6.07, 6.45) is 8.58. The Morgan fingerprint density at radius 2 is 2.21 bits per heavy atom. The van der Waals surface area contributed by atoms with Crippen LogP contribution >= 0.6 is 11.6 Å². The largest absolute Gasteiger partial charge is 0.378 e.